The summed E-state index contributed by atoms with van der Waals surface area (Å²) >= 11 is 1.42. The first-order chi connectivity index (χ1) is 15.6. The molecule has 0 bridgehead atoms. The molecule has 1 fully saturated rings. The van der Waals surface area contributed by atoms with Gasteiger partial charge in [0, 0.05) is 31.9 Å². The molecule has 1 aliphatic heterocycles. The van der Waals surface area contributed by atoms with E-state index in [-0.39, 0.29) is 24.3 Å². The van der Waals surface area contributed by atoms with Gasteiger partial charge in [-0.15, -0.1) is 11.3 Å². The molecule has 0 spiro atoms. The number of amides is 3. The Morgan fingerprint density at radius 3 is 2.25 bits per heavy atom. The fourth-order valence-electron chi connectivity index (χ4n) is 3.45. The van der Waals surface area contributed by atoms with Crippen LogP contribution in [0.2, 0.25) is 0 Å². The largest absolute Gasteiger partial charge is 0.483 e. The number of hydrogen-bond acceptors (Lipinski definition) is 5. The van der Waals surface area contributed by atoms with Gasteiger partial charge in [-0.3, -0.25) is 14.4 Å². The molecule has 8 heteroatoms. The van der Waals surface area contributed by atoms with Gasteiger partial charge < -0.3 is 19.9 Å². The zero-order chi connectivity index (χ0) is 22.3. The molecule has 3 amide bonds. The van der Waals surface area contributed by atoms with Gasteiger partial charge >= 0.3 is 0 Å². The van der Waals surface area contributed by atoms with E-state index in [1.165, 1.54) is 11.3 Å². The molecule has 1 aliphatic rings. The Balaban J connectivity index is 1.31. The Morgan fingerprint density at radius 1 is 0.844 bits per heavy atom. The number of benzene rings is 2. The molecule has 32 heavy (non-hydrogen) atoms. The molecule has 2 heterocycles. The quantitative estimate of drug-likeness (QED) is 0.626. The molecule has 0 unspecified atom stereocenters. The van der Waals surface area contributed by atoms with Crippen LogP contribution in [-0.4, -0.2) is 60.3 Å². The van der Waals surface area contributed by atoms with Crippen molar-refractivity contribution in [3.05, 3.63) is 82.6 Å². The maximum absolute atomic E-state index is 12.7. The van der Waals surface area contributed by atoms with E-state index in [2.05, 4.69) is 5.32 Å². The third-order valence-electron chi connectivity index (χ3n) is 5.17. The molecule has 2 aromatic carbocycles. The molecule has 0 atom stereocenters. The number of anilines is 1. The lowest BCUT2D eigenvalue weighted by atomic mass is 10.2. The van der Waals surface area contributed by atoms with E-state index < -0.39 is 0 Å². The van der Waals surface area contributed by atoms with Gasteiger partial charge in [0.1, 0.15) is 5.75 Å². The highest BCUT2D eigenvalue weighted by molar-refractivity contribution is 7.12. The summed E-state index contributed by atoms with van der Waals surface area (Å²) in [6.45, 7) is 1.70. The normalized spacial score (nSPS) is 13.5. The average molecular weight is 450 g/mol. The lowest BCUT2D eigenvalue weighted by Crippen LogP contribution is -2.51. The van der Waals surface area contributed by atoms with Crippen LogP contribution < -0.4 is 10.1 Å². The Morgan fingerprint density at radius 2 is 1.53 bits per heavy atom. The smallest absolute Gasteiger partial charge is 0.264 e. The Labute approximate surface area is 190 Å². The topological polar surface area (TPSA) is 79.0 Å². The summed E-state index contributed by atoms with van der Waals surface area (Å²) in [5.74, 6) is -0.131. The minimum Gasteiger partial charge on any atom is -0.483 e. The van der Waals surface area contributed by atoms with E-state index in [4.69, 9.17) is 4.74 Å². The van der Waals surface area contributed by atoms with Crippen molar-refractivity contribution in [1.29, 1.82) is 0 Å². The van der Waals surface area contributed by atoms with Crippen molar-refractivity contribution in [3.63, 3.8) is 0 Å². The average Bonchev–Trinajstić information content (AvgIpc) is 3.38. The molecular formula is C24H23N3O4S. The number of carbonyl (C=O) groups is 3. The van der Waals surface area contributed by atoms with Gasteiger partial charge in [0.15, 0.2) is 6.61 Å². The van der Waals surface area contributed by atoms with Crippen molar-refractivity contribution in [2.24, 2.45) is 0 Å². The predicted molar refractivity (Wildman–Crippen MR) is 123 cm³/mol. The lowest BCUT2D eigenvalue weighted by Gasteiger charge is -2.34. The number of hydrogen-bond donors (Lipinski definition) is 1. The van der Waals surface area contributed by atoms with Crippen molar-refractivity contribution in [1.82, 2.24) is 9.80 Å². The molecular weight excluding hydrogens is 426 g/mol. The van der Waals surface area contributed by atoms with Crippen molar-refractivity contribution in [2.75, 3.05) is 38.1 Å². The predicted octanol–water partition coefficient (Wildman–Crippen LogP) is 3.36. The van der Waals surface area contributed by atoms with Crippen molar-refractivity contribution >= 4 is 34.7 Å². The molecule has 4 rings (SSSR count). The summed E-state index contributed by atoms with van der Waals surface area (Å²) in [6.07, 6.45) is 0. The second-order valence-electron chi connectivity index (χ2n) is 7.26. The van der Waals surface area contributed by atoms with E-state index >= 15 is 0 Å². The number of thiophene rings is 1. The highest BCUT2D eigenvalue weighted by Crippen LogP contribution is 2.20. The molecule has 1 saturated heterocycles. The van der Waals surface area contributed by atoms with E-state index in [0.717, 1.165) is 0 Å². The number of nitrogens with one attached hydrogen (secondary N) is 1. The summed E-state index contributed by atoms with van der Waals surface area (Å²) in [4.78, 5) is 41.9. The molecule has 3 aromatic rings. The van der Waals surface area contributed by atoms with Gasteiger partial charge in [0.2, 0.25) is 0 Å². The molecule has 164 valence electrons. The van der Waals surface area contributed by atoms with Crippen LogP contribution in [0.5, 0.6) is 5.75 Å². The number of piperazine rings is 1. The molecule has 1 N–H and O–H groups in total. The second kappa shape index (κ2) is 10.1. The minimum atomic E-state index is -0.306. The van der Waals surface area contributed by atoms with Crippen LogP contribution in [-0.2, 0) is 4.79 Å². The van der Waals surface area contributed by atoms with Crippen LogP contribution in [0, 0.1) is 0 Å². The van der Waals surface area contributed by atoms with Gasteiger partial charge in [0.05, 0.1) is 10.4 Å². The maximum atomic E-state index is 12.7. The maximum Gasteiger partial charge on any atom is 0.264 e. The van der Waals surface area contributed by atoms with Gasteiger partial charge in [-0.25, -0.2) is 0 Å². The number of nitrogens with zero attached hydrogens (tertiary/aromatic N) is 2. The zero-order valence-electron chi connectivity index (χ0n) is 17.4. The summed E-state index contributed by atoms with van der Waals surface area (Å²) in [7, 11) is 0. The van der Waals surface area contributed by atoms with Crippen LogP contribution in [0.15, 0.2) is 72.1 Å². The molecule has 0 aliphatic carbocycles. The van der Waals surface area contributed by atoms with Crippen molar-refractivity contribution in [2.45, 2.75) is 0 Å². The summed E-state index contributed by atoms with van der Waals surface area (Å²) in [5.41, 5.74) is 1.04. The molecule has 0 saturated carbocycles. The van der Waals surface area contributed by atoms with Crippen LogP contribution in [0.1, 0.15) is 20.0 Å². The summed E-state index contributed by atoms with van der Waals surface area (Å²) < 4.78 is 5.71. The van der Waals surface area contributed by atoms with Crippen molar-refractivity contribution < 1.29 is 19.1 Å². The fourth-order valence-corrected chi connectivity index (χ4v) is 4.14. The zero-order valence-corrected chi connectivity index (χ0v) is 18.2. The Kier molecular flexibility index (Phi) is 6.81. The molecule has 1 aromatic heterocycles. The SMILES string of the molecule is O=C(Nc1ccccc1)c1ccccc1OCC(=O)N1CCN(C(=O)c2cccs2)CC1. The second-order valence-corrected chi connectivity index (χ2v) is 8.20. The van der Waals surface area contributed by atoms with Gasteiger partial charge in [0.25, 0.3) is 17.7 Å². The first kappa shape index (κ1) is 21.6. The number of para-hydroxylation sites is 2. The number of rotatable bonds is 6. The van der Waals surface area contributed by atoms with E-state index in [0.29, 0.717) is 48.1 Å². The number of ether oxygens (including phenoxy) is 1. The Hall–Kier alpha value is -3.65. The van der Waals surface area contributed by atoms with Crippen LogP contribution >= 0.6 is 11.3 Å². The van der Waals surface area contributed by atoms with E-state index in [1.807, 2.05) is 35.7 Å². The fraction of sp³-hybridized carbons (Fsp3) is 0.208. The van der Waals surface area contributed by atoms with Crippen LogP contribution in [0.3, 0.4) is 0 Å². The Bertz CT molecular complexity index is 1080. The van der Waals surface area contributed by atoms with Crippen molar-refractivity contribution in [3.8, 4) is 5.75 Å². The summed E-state index contributed by atoms with van der Waals surface area (Å²) in [5, 5.41) is 4.70. The first-order valence-electron chi connectivity index (χ1n) is 10.3. The monoisotopic (exact) mass is 449 g/mol. The van der Waals surface area contributed by atoms with Gasteiger partial charge in [-0.2, -0.15) is 0 Å². The summed E-state index contributed by atoms with van der Waals surface area (Å²) in [6, 6.07) is 19.6. The van der Waals surface area contributed by atoms with Gasteiger partial charge in [-0.05, 0) is 35.7 Å². The third kappa shape index (κ3) is 5.15. The molecule has 7 nitrogen and oxygen atoms in total. The highest BCUT2D eigenvalue weighted by atomic mass is 32.1. The number of carbonyl (C=O) groups excluding carboxylic acids is 3. The van der Waals surface area contributed by atoms with Crippen LogP contribution in [0.4, 0.5) is 5.69 Å². The third-order valence-corrected chi connectivity index (χ3v) is 6.02. The molecule has 0 radical (unpaired) electrons. The van der Waals surface area contributed by atoms with E-state index in [9.17, 15) is 14.4 Å². The first-order valence-corrected chi connectivity index (χ1v) is 11.2. The highest BCUT2D eigenvalue weighted by Gasteiger charge is 2.25. The standard InChI is InChI=1S/C24H23N3O4S/c28-22(26-12-14-27(15-13-26)24(30)21-11-6-16-32-21)17-31-20-10-5-4-9-19(20)23(29)25-18-7-2-1-3-8-18/h1-11,16H,12-15,17H2,(H,25,29). The van der Waals surface area contributed by atoms with Crippen LogP contribution in [0.25, 0.3) is 0 Å². The lowest BCUT2D eigenvalue weighted by molar-refractivity contribution is -0.134. The van der Waals surface area contributed by atoms with E-state index in [1.54, 1.807) is 46.2 Å². The van der Waals surface area contributed by atoms with Gasteiger partial charge in [-0.1, -0.05) is 36.4 Å². The minimum absolute atomic E-state index is 0.00158.